The van der Waals surface area contributed by atoms with E-state index in [4.69, 9.17) is 9.47 Å². The molecule has 0 bridgehead atoms. The average molecular weight is 331 g/mol. The van der Waals surface area contributed by atoms with Crippen molar-refractivity contribution < 1.29 is 14.6 Å². The molecule has 1 aromatic carbocycles. The molecule has 24 heavy (non-hydrogen) atoms. The first-order valence-corrected chi connectivity index (χ1v) is 8.99. The van der Waals surface area contributed by atoms with E-state index in [1.165, 1.54) is 5.56 Å². The van der Waals surface area contributed by atoms with Gasteiger partial charge in [0.25, 0.3) is 0 Å². The van der Waals surface area contributed by atoms with Crippen molar-refractivity contribution in [2.24, 2.45) is 0 Å². The van der Waals surface area contributed by atoms with Crippen LogP contribution in [0, 0.1) is 0 Å². The van der Waals surface area contributed by atoms with Crippen molar-refractivity contribution in [3.8, 4) is 11.5 Å². The van der Waals surface area contributed by atoms with Gasteiger partial charge in [0.05, 0.1) is 19.8 Å². The molecule has 0 spiro atoms. The van der Waals surface area contributed by atoms with Gasteiger partial charge in [0.1, 0.15) is 0 Å². The van der Waals surface area contributed by atoms with Gasteiger partial charge in [-0.05, 0) is 50.6 Å². The molecule has 3 rings (SSSR count). The highest BCUT2D eigenvalue weighted by atomic mass is 16.5. The number of likely N-dealkylation sites (tertiary alicyclic amines) is 1. The van der Waals surface area contributed by atoms with Crippen molar-refractivity contribution in [1.82, 2.24) is 4.90 Å². The van der Waals surface area contributed by atoms with Gasteiger partial charge in [-0.3, -0.25) is 0 Å². The monoisotopic (exact) mass is 331 g/mol. The second kappa shape index (κ2) is 7.16. The summed E-state index contributed by atoms with van der Waals surface area (Å²) >= 11 is 0. The van der Waals surface area contributed by atoms with Gasteiger partial charge < -0.3 is 19.5 Å². The van der Waals surface area contributed by atoms with Crippen LogP contribution in [-0.4, -0.2) is 49.5 Å². The number of unbranched alkanes of at least 4 members (excludes halogenated alkanes) is 1. The van der Waals surface area contributed by atoms with Gasteiger partial charge in [0, 0.05) is 11.5 Å². The van der Waals surface area contributed by atoms with Crippen LogP contribution in [-0.2, 0) is 5.41 Å². The van der Waals surface area contributed by atoms with Crippen LogP contribution in [0.3, 0.4) is 0 Å². The Bertz CT molecular complexity index is 601. The summed E-state index contributed by atoms with van der Waals surface area (Å²) in [6.07, 6.45) is 7.82. The molecule has 3 atom stereocenters. The van der Waals surface area contributed by atoms with Crippen LogP contribution in [0.5, 0.6) is 11.5 Å². The molecule has 1 aliphatic carbocycles. The zero-order valence-corrected chi connectivity index (χ0v) is 15.0. The smallest absolute Gasteiger partial charge is 0.161 e. The molecule has 0 amide bonds. The Morgan fingerprint density at radius 3 is 2.92 bits per heavy atom. The predicted molar refractivity (Wildman–Crippen MR) is 95.9 cm³/mol. The molecule has 1 fully saturated rings. The Hall–Kier alpha value is -1.52. The predicted octanol–water partition coefficient (Wildman–Crippen LogP) is 3.14. The highest BCUT2D eigenvalue weighted by Gasteiger charge is 2.48. The van der Waals surface area contributed by atoms with Crippen LogP contribution in [0.1, 0.15) is 38.2 Å². The Balaban J connectivity index is 1.95. The van der Waals surface area contributed by atoms with E-state index in [-0.39, 0.29) is 11.5 Å². The van der Waals surface area contributed by atoms with Crippen LogP contribution in [0.15, 0.2) is 30.4 Å². The molecule has 0 radical (unpaired) electrons. The number of hydrogen-bond donors (Lipinski definition) is 1. The fourth-order valence-corrected chi connectivity index (χ4v) is 4.09. The molecule has 1 saturated heterocycles. The average Bonchev–Trinajstić information content (AvgIpc) is 2.93. The largest absolute Gasteiger partial charge is 0.493 e. The van der Waals surface area contributed by atoms with E-state index in [1.54, 1.807) is 7.11 Å². The van der Waals surface area contributed by atoms with Crippen molar-refractivity contribution in [1.29, 1.82) is 0 Å². The van der Waals surface area contributed by atoms with Gasteiger partial charge in [-0.25, -0.2) is 0 Å². The Morgan fingerprint density at radius 1 is 1.33 bits per heavy atom. The van der Waals surface area contributed by atoms with Crippen molar-refractivity contribution >= 4 is 0 Å². The number of fused-ring (bicyclic) bond motifs is 1. The number of likely N-dealkylation sites (N-methyl/N-ethyl adjacent to an activating group) is 1. The number of nitrogens with zero attached hydrogens (tertiary/aromatic N) is 1. The molecule has 0 aromatic heterocycles. The Kier molecular flexibility index (Phi) is 5.16. The molecule has 132 valence electrons. The highest BCUT2D eigenvalue weighted by Crippen LogP contribution is 2.47. The molecule has 1 heterocycles. The van der Waals surface area contributed by atoms with Gasteiger partial charge >= 0.3 is 0 Å². The number of aliphatic hydroxyl groups is 1. The normalized spacial score (nSPS) is 29.5. The molecular formula is C20H29NO3. The summed E-state index contributed by atoms with van der Waals surface area (Å²) in [4.78, 5) is 2.37. The van der Waals surface area contributed by atoms with Crippen LogP contribution < -0.4 is 9.47 Å². The van der Waals surface area contributed by atoms with E-state index in [2.05, 4.69) is 37.1 Å². The minimum Gasteiger partial charge on any atom is -0.493 e. The lowest BCUT2D eigenvalue weighted by molar-refractivity contribution is 0.137. The first kappa shape index (κ1) is 17.3. The summed E-state index contributed by atoms with van der Waals surface area (Å²) in [7, 11) is 3.84. The van der Waals surface area contributed by atoms with Crippen molar-refractivity contribution in [2.45, 2.75) is 50.2 Å². The minimum atomic E-state index is -0.345. The lowest BCUT2D eigenvalue weighted by Gasteiger charge is -2.39. The molecule has 1 aromatic rings. The zero-order valence-electron chi connectivity index (χ0n) is 15.0. The third-order valence-corrected chi connectivity index (χ3v) is 5.54. The second-order valence-electron chi connectivity index (χ2n) is 7.02. The van der Waals surface area contributed by atoms with Crippen LogP contribution in [0.2, 0.25) is 0 Å². The summed E-state index contributed by atoms with van der Waals surface area (Å²) in [6.45, 7) is 3.91. The number of rotatable bonds is 6. The summed E-state index contributed by atoms with van der Waals surface area (Å²) in [5.74, 6) is 1.61. The van der Waals surface area contributed by atoms with E-state index in [1.807, 2.05) is 12.1 Å². The molecule has 4 heteroatoms. The number of ether oxygens (including phenoxy) is 2. The fraction of sp³-hybridized carbons (Fsp3) is 0.600. The van der Waals surface area contributed by atoms with E-state index >= 15 is 0 Å². The van der Waals surface area contributed by atoms with Gasteiger partial charge in [0.2, 0.25) is 0 Å². The third-order valence-electron chi connectivity index (χ3n) is 5.54. The number of benzene rings is 1. The number of methoxy groups -OCH3 is 1. The van der Waals surface area contributed by atoms with Crippen molar-refractivity contribution in [3.63, 3.8) is 0 Å². The van der Waals surface area contributed by atoms with Gasteiger partial charge in [0.15, 0.2) is 11.5 Å². The standard InChI is InChI=1S/C20H29NO3/c1-4-5-12-24-18-13-15(6-7-17(18)23-3)20-9-8-16(22)14-19(20)21(2)11-10-20/h6-9,13,16,19,22H,4-5,10-12,14H2,1-3H3/t16-,19-,20-/m0/s1. The number of hydrogen-bond acceptors (Lipinski definition) is 4. The summed E-state index contributed by atoms with van der Waals surface area (Å²) in [6, 6.07) is 6.64. The maximum absolute atomic E-state index is 10.1. The van der Waals surface area contributed by atoms with E-state index in [0.29, 0.717) is 12.6 Å². The summed E-state index contributed by atoms with van der Waals surface area (Å²) in [5, 5.41) is 10.1. The van der Waals surface area contributed by atoms with E-state index in [0.717, 1.165) is 43.7 Å². The Labute approximate surface area is 145 Å². The SMILES string of the molecule is CCCCOc1cc([C@@]23C=C[C@H](O)C[C@@H]2N(C)CC3)ccc1OC. The second-order valence-corrected chi connectivity index (χ2v) is 7.02. The molecule has 1 aliphatic heterocycles. The van der Waals surface area contributed by atoms with Crippen LogP contribution in [0.4, 0.5) is 0 Å². The third kappa shape index (κ3) is 3.05. The Morgan fingerprint density at radius 2 is 2.17 bits per heavy atom. The zero-order chi connectivity index (χ0) is 17.2. The lowest BCUT2D eigenvalue weighted by atomic mass is 9.69. The van der Waals surface area contributed by atoms with Crippen LogP contribution >= 0.6 is 0 Å². The van der Waals surface area contributed by atoms with Gasteiger partial charge in [-0.15, -0.1) is 0 Å². The van der Waals surface area contributed by atoms with Gasteiger partial charge in [-0.2, -0.15) is 0 Å². The molecular weight excluding hydrogens is 302 g/mol. The maximum atomic E-state index is 10.1. The van der Waals surface area contributed by atoms with E-state index < -0.39 is 0 Å². The number of aliphatic hydroxyl groups excluding tert-OH is 1. The summed E-state index contributed by atoms with van der Waals surface area (Å²) in [5.41, 5.74) is 1.22. The topological polar surface area (TPSA) is 41.9 Å². The molecule has 0 saturated carbocycles. The van der Waals surface area contributed by atoms with Crippen molar-refractivity contribution in [3.05, 3.63) is 35.9 Å². The quantitative estimate of drug-likeness (QED) is 0.642. The van der Waals surface area contributed by atoms with E-state index in [9.17, 15) is 5.11 Å². The molecule has 0 unspecified atom stereocenters. The molecule has 1 N–H and O–H groups in total. The maximum Gasteiger partial charge on any atom is 0.161 e. The van der Waals surface area contributed by atoms with Crippen LogP contribution in [0.25, 0.3) is 0 Å². The lowest BCUT2D eigenvalue weighted by Crippen LogP contribution is -2.44. The molecule has 2 aliphatic rings. The fourth-order valence-electron chi connectivity index (χ4n) is 4.09. The molecule has 4 nitrogen and oxygen atoms in total. The van der Waals surface area contributed by atoms with Gasteiger partial charge in [-0.1, -0.05) is 31.6 Å². The highest BCUT2D eigenvalue weighted by molar-refractivity contribution is 5.48. The minimum absolute atomic E-state index is 0.0386. The first-order valence-electron chi connectivity index (χ1n) is 8.99. The first-order chi connectivity index (χ1) is 11.6. The summed E-state index contributed by atoms with van der Waals surface area (Å²) < 4.78 is 11.5. The van der Waals surface area contributed by atoms with Crippen molar-refractivity contribution in [2.75, 3.05) is 27.3 Å².